The van der Waals surface area contributed by atoms with E-state index in [9.17, 15) is 14.7 Å². The van der Waals surface area contributed by atoms with Crippen molar-refractivity contribution in [2.45, 2.75) is 64.6 Å². The predicted octanol–water partition coefficient (Wildman–Crippen LogP) is 9.37. The van der Waals surface area contributed by atoms with Crippen molar-refractivity contribution in [3.8, 4) is 28.3 Å². The molecule has 2 N–H and O–H groups in total. The van der Waals surface area contributed by atoms with Gasteiger partial charge in [0.1, 0.15) is 18.2 Å². The van der Waals surface area contributed by atoms with Gasteiger partial charge in [0.2, 0.25) is 0 Å². The van der Waals surface area contributed by atoms with Crippen LogP contribution in [0.4, 0.5) is 0 Å². The highest BCUT2D eigenvalue weighted by Crippen LogP contribution is 2.37. The number of carbonyl (C=O) groups is 2. The molecular formula is C37H37Cl2N3O4. The third-order valence-electron chi connectivity index (χ3n) is 8.33. The van der Waals surface area contributed by atoms with E-state index in [1.807, 2.05) is 86.6 Å². The highest BCUT2D eigenvalue weighted by molar-refractivity contribution is 6.30. The van der Waals surface area contributed by atoms with E-state index < -0.39 is 5.97 Å². The van der Waals surface area contributed by atoms with Crippen molar-refractivity contribution in [3.63, 3.8) is 0 Å². The highest BCUT2D eigenvalue weighted by atomic mass is 35.5. The van der Waals surface area contributed by atoms with Gasteiger partial charge >= 0.3 is 5.97 Å². The summed E-state index contributed by atoms with van der Waals surface area (Å²) in [6.07, 6.45) is 5.74. The van der Waals surface area contributed by atoms with Crippen molar-refractivity contribution in [3.05, 3.63) is 107 Å². The zero-order valence-electron chi connectivity index (χ0n) is 25.8. The second-order valence-electron chi connectivity index (χ2n) is 11.9. The van der Waals surface area contributed by atoms with Crippen LogP contribution in [-0.2, 0) is 6.61 Å². The Morgan fingerprint density at radius 1 is 0.913 bits per heavy atom. The fraction of sp³-hybridized carbons (Fsp3) is 0.270. The van der Waals surface area contributed by atoms with Crippen LogP contribution in [0.1, 0.15) is 78.3 Å². The first-order valence-corrected chi connectivity index (χ1v) is 15.8. The number of aromatic nitrogens is 2. The van der Waals surface area contributed by atoms with Gasteiger partial charge in [-0.25, -0.2) is 9.78 Å². The summed E-state index contributed by atoms with van der Waals surface area (Å²) < 4.78 is 8.56. The molecule has 9 heteroatoms. The predicted molar refractivity (Wildman–Crippen MR) is 185 cm³/mol. The number of nitrogens with zero attached hydrogens (tertiary/aromatic N) is 2. The number of fused-ring (bicyclic) bond motifs is 1. The van der Waals surface area contributed by atoms with Gasteiger partial charge in [0.15, 0.2) is 0 Å². The normalized spacial score (nSPS) is 13.4. The van der Waals surface area contributed by atoms with Crippen LogP contribution in [0.25, 0.3) is 33.5 Å². The van der Waals surface area contributed by atoms with Gasteiger partial charge in [-0.3, -0.25) is 4.79 Å². The van der Waals surface area contributed by atoms with Crippen molar-refractivity contribution in [2.75, 3.05) is 0 Å². The van der Waals surface area contributed by atoms with Crippen LogP contribution in [0.2, 0.25) is 5.02 Å². The van der Waals surface area contributed by atoms with Crippen LogP contribution in [0.15, 0.2) is 84.9 Å². The number of halogens is 2. The second-order valence-corrected chi connectivity index (χ2v) is 12.4. The van der Waals surface area contributed by atoms with Gasteiger partial charge in [-0.2, -0.15) is 0 Å². The standard InChI is InChI=1S/C37H36ClN3O4.ClH/c1-23(2)39-36(42)26-8-9-28(32(20-26)24-10-15-29(38)16-11-24)22-45-31-17-12-25(13-18-31)35-40-33-21-27(37(43)44)14-19-34(33)41(35)30-6-4-3-5-7-30;/h8-21,23,30H,3-7,22H2,1-2H3,(H,39,42)(H,43,44);1H. The zero-order valence-corrected chi connectivity index (χ0v) is 27.4. The Kier molecular flexibility index (Phi) is 10.3. The van der Waals surface area contributed by atoms with Crippen LogP contribution in [0.5, 0.6) is 5.75 Å². The summed E-state index contributed by atoms with van der Waals surface area (Å²) in [5, 5.41) is 13.1. The molecule has 5 aromatic rings. The molecule has 1 fully saturated rings. The Hall–Kier alpha value is -4.33. The zero-order chi connectivity index (χ0) is 31.5. The Bertz CT molecular complexity index is 1840. The molecular weight excluding hydrogens is 621 g/mol. The number of imidazole rings is 1. The van der Waals surface area contributed by atoms with Gasteiger partial charge in [0.25, 0.3) is 5.91 Å². The van der Waals surface area contributed by atoms with Crippen LogP contribution >= 0.6 is 24.0 Å². The molecule has 0 spiro atoms. The van der Waals surface area contributed by atoms with Crippen molar-refractivity contribution in [1.82, 2.24) is 14.9 Å². The minimum atomic E-state index is -0.958. The molecule has 0 unspecified atom stereocenters. The van der Waals surface area contributed by atoms with Crippen LogP contribution in [0.3, 0.4) is 0 Å². The van der Waals surface area contributed by atoms with Gasteiger partial charge < -0.3 is 19.7 Å². The molecule has 6 rings (SSSR count). The molecule has 46 heavy (non-hydrogen) atoms. The minimum Gasteiger partial charge on any atom is -0.489 e. The molecule has 4 aromatic carbocycles. The number of hydrogen-bond donors (Lipinski definition) is 2. The maximum atomic E-state index is 12.8. The van der Waals surface area contributed by atoms with Gasteiger partial charge in [-0.15, -0.1) is 12.4 Å². The average Bonchev–Trinajstić information content (AvgIpc) is 3.43. The number of benzene rings is 4. The molecule has 238 valence electrons. The molecule has 0 radical (unpaired) electrons. The van der Waals surface area contributed by atoms with Crippen molar-refractivity contribution < 1.29 is 19.4 Å². The average molecular weight is 659 g/mol. The number of amides is 1. The summed E-state index contributed by atoms with van der Waals surface area (Å²) >= 11 is 6.15. The molecule has 1 heterocycles. The van der Waals surface area contributed by atoms with Crippen molar-refractivity contribution in [2.24, 2.45) is 0 Å². The number of hydrogen-bond acceptors (Lipinski definition) is 4. The second kappa shape index (κ2) is 14.4. The summed E-state index contributed by atoms with van der Waals surface area (Å²) in [6, 6.07) is 26.7. The molecule has 1 saturated carbocycles. The van der Waals surface area contributed by atoms with E-state index in [0.29, 0.717) is 34.5 Å². The molecule has 1 aromatic heterocycles. The van der Waals surface area contributed by atoms with Crippen LogP contribution < -0.4 is 10.1 Å². The van der Waals surface area contributed by atoms with Gasteiger partial charge in [-0.1, -0.05) is 49.1 Å². The van der Waals surface area contributed by atoms with E-state index in [1.165, 1.54) is 19.3 Å². The van der Waals surface area contributed by atoms with Crippen molar-refractivity contribution in [1.29, 1.82) is 0 Å². The number of rotatable bonds is 9. The van der Waals surface area contributed by atoms with E-state index in [-0.39, 0.29) is 29.9 Å². The van der Waals surface area contributed by atoms with E-state index in [2.05, 4.69) is 9.88 Å². The van der Waals surface area contributed by atoms with E-state index in [0.717, 1.165) is 46.4 Å². The van der Waals surface area contributed by atoms with E-state index in [4.69, 9.17) is 21.3 Å². The smallest absolute Gasteiger partial charge is 0.335 e. The largest absolute Gasteiger partial charge is 0.489 e. The molecule has 1 amide bonds. The lowest BCUT2D eigenvalue weighted by molar-refractivity contribution is 0.0696. The third kappa shape index (κ3) is 7.22. The Labute approximate surface area is 280 Å². The molecule has 0 saturated heterocycles. The quantitative estimate of drug-likeness (QED) is 0.165. The summed E-state index contributed by atoms with van der Waals surface area (Å²) in [5.74, 6) is 0.462. The topological polar surface area (TPSA) is 93.4 Å². The minimum absolute atomic E-state index is 0. The lowest BCUT2D eigenvalue weighted by Crippen LogP contribution is -2.30. The lowest BCUT2D eigenvalue weighted by Gasteiger charge is -2.25. The molecule has 7 nitrogen and oxygen atoms in total. The fourth-order valence-corrected chi connectivity index (χ4v) is 6.22. The summed E-state index contributed by atoms with van der Waals surface area (Å²) in [7, 11) is 0. The maximum absolute atomic E-state index is 12.8. The summed E-state index contributed by atoms with van der Waals surface area (Å²) in [6.45, 7) is 4.18. The monoisotopic (exact) mass is 657 g/mol. The number of ether oxygens (including phenoxy) is 1. The molecule has 1 aliphatic rings. The molecule has 0 atom stereocenters. The summed E-state index contributed by atoms with van der Waals surface area (Å²) in [4.78, 5) is 29.3. The Morgan fingerprint density at radius 2 is 1.59 bits per heavy atom. The van der Waals surface area contributed by atoms with E-state index in [1.54, 1.807) is 12.1 Å². The third-order valence-corrected chi connectivity index (χ3v) is 8.58. The number of carboxylic acids is 1. The first kappa shape index (κ1) is 33.0. The van der Waals surface area contributed by atoms with E-state index >= 15 is 0 Å². The van der Waals surface area contributed by atoms with Gasteiger partial charge in [-0.05, 0) is 110 Å². The van der Waals surface area contributed by atoms with Crippen LogP contribution in [0, 0.1) is 0 Å². The van der Waals surface area contributed by atoms with Crippen molar-refractivity contribution >= 4 is 46.9 Å². The lowest BCUT2D eigenvalue weighted by atomic mass is 9.95. The number of aromatic carboxylic acids is 1. The SMILES string of the molecule is CC(C)NC(=O)c1ccc(COc2ccc(-c3nc4cc(C(=O)O)ccc4n3C3CCCCC3)cc2)c(-c2ccc(Cl)cc2)c1.Cl. The summed E-state index contributed by atoms with van der Waals surface area (Å²) in [5.41, 5.74) is 6.20. The number of carbonyl (C=O) groups excluding carboxylic acids is 1. The van der Waals surface area contributed by atoms with Crippen LogP contribution in [-0.4, -0.2) is 32.6 Å². The first-order valence-electron chi connectivity index (χ1n) is 15.4. The fourth-order valence-electron chi connectivity index (χ4n) is 6.09. The first-order chi connectivity index (χ1) is 21.8. The number of carboxylic acid groups (broad SMARTS) is 1. The number of nitrogens with one attached hydrogen (secondary N) is 1. The molecule has 0 bridgehead atoms. The Morgan fingerprint density at radius 3 is 2.26 bits per heavy atom. The van der Waals surface area contributed by atoms with Gasteiger partial charge in [0, 0.05) is 28.2 Å². The highest BCUT2D eigenvalue weighted by Gasteiger charge is 2.23. The molecule has 1 aliphatic carbocycles. The Balaban J connectivity index is 0.00000417. The van der Waals surface area contributed by atoms with Gasteiger partial charge in [0.05, 0.1) is 16.6 Å². The molecule has 0 aliphatic heterocycles. The maximum Gasteiger partial charge on any atom is 0.335 e.